The van der Waals surface area contributed by atoms with Crippen LogP contribution in [0.1, 0.15) is 44.6 Å². The van der Waals surface area contributed by atoms with Crippen LogP contribution in [0.15, 0.2) is 24.3 Å². The Kier molecular flexibility index (Phi) is 5.86. The average molecular weight is 277 g/mol. The maximum absolute atomic E-state index is 9.27. The molecule has 1 fully saturated rings. The van der Waals surface area contributed by atoms with Crippen molar-refractivity contribution < 1.29 is 9.84 Å². The van der Waals surface area contributed by atoms with Crippen molar-refractivity contribution in [2.24, 2.45) is 0 Å². The van der Waals surface area contributed by atoms with Gasteiger partial charge in [-0.05, 0) is 63.1 Å². The van der Waals surface area contributed by atoms with Gasteiger partial charge in [0, 0.05) is 19.2 Å². The SMILES string of the molecule is COC1CCCC(NC(C)CCc2ccc(O)cc2)C1. The summed E-state index contributed by atoms with van der Waals surface area (Å²) < 4.78 is 5.48. The summed E-state index contributed by atoms with van der Waals surface area (Å²) in [5.74, 6) is 0.340. The van der Waals surface area contributed by atoms with Crippen molar-refractivity contribution in [3.8, 4) is 5.75 Å². The zero-order chi connectivity index (χ0) is 14.4. The first-order chi connectivity index (χ1) is 9.67. The molecule has 0 aliphatic heterocycles. The molecule has 1 saturated carbocycles. The summed E-state index contributed by atoms with van der Waals surface area (Å²) >= 11 is 0. The first-order valence-corrected chi connectivity index (χ1v) is 7.74. The van der Waals surface area contributed by atoms with Gasteiger partial charge in [-0.15, -0.1) is 0 Å². The second-order valence-electron chi connectivity index (χ2n) is 5.99. The van der Waals surface area contributed by atoms with Crippen LogP contribution in [0.2, 0.25) is 0 Å². The summed E-state index contributed by atoms with van der Waals surface area (Å²) in [7, 11) is 1.82. The maximum atomic E-state index is 9.27. The minimum absolute atomic E-state index is 0.340. The van der Waals surface area contributed by atoms with E-state index in [0.29, 0.717) is 23.9 Å². The Morgan fingerprint density at radius 2 is 2.05 bits per heavy atom. The topological polar surface area (TPSA) is 41.5 Å². The van der Waals surface area contributed by atoms with Gasteiger partial charge in [0.05, 0.1) is 6.10 Å². The number of nitrogens with one attached hydrogen (secondary N) is 1. The van der Waals surface area contributed by atoms with Gasteiger partial charge in [-0.3, -0.25) is 0 Å². The van der Waals surface area contributed by atoms with Crippen LogP contribution in [0.5, 0.6) is 5.75 Å². The molecule has 0 bridgehead atoms. The molecular formula is C17H27NO2. The van der Waals surface area contributed by atoms with Crippen molar-refractivity contribution in [3.05, 3.63) is 29.8 Å². The zero-order valence-electron chi connectivity index (χ0n) is 12.6. The molecule has 1 aliphatic rings. The number of aromatic hydroxyl groups is 1. The van der Waals surface area contributed by atoms with E-state index in [0.717, 1.165) is 19.3 Å². The lowest BCUT2D eigenvalue weighted by Crippen LogP contribution is -2.41. The predicted octanol–water partition coefficient (Wildman–Crippen LogP) is 3.26. The Morgan fingerprint density at radius 3 is 2.75 bits per heavy atom. The number of phenols is 1. The average Bonchev–Trinajstić information content (AvgIpc) is 2.47. The summed E-state index contributed by atoms with van der Waals surface area (Å²) in [6, 6.07) is 8.65. The van der Waals surface area contributed by atoms with Crippen molar-refractivity contribution in [1.29, 1.82) is 0 Å². The van der Waals surface area contributed by atoms with E-state index >= 15 is 0 Å². The molecule has 1 aliphatic carbocycles. The lowest BCUT2D eigenvalue weighted by molar-refractivity contribution is 0.0571. The Hall–Kier alpha value is -1.06. The Labute approximate surface area is 122 Å². The van der Waals surface area contributed by atoms with Crippen LogP contribution >= 0.6 is 0 Å². The van der Waals surface area contributed by atoms with E-state index in [1.807, 2.05) is 19.2 Å². The van der Waals surface area contributed by atoms with Gasteiger partial charge in [-0.2, -0.15) is 0 Å². The molecule has 0 radical (unpaired) electrons. The van der Waals surface area contributed by atoms with Gasteiger partial charge in [0.2, 0.25) is 0 Å². The van der Waals surface area contributed by atoms with Crippen LogP contribution in [0.25, 0.3) is 0 Å². The Balaban J connectivity index is 1.72. The number of rotatable bonds is 6. The first kappa shape index (κ1) is 15.3. The van der Waals surface area contributed by atoms with Gasteiger partial charge in [-0.25, -0.2) is 0 Å². The number of hydrogen-bond donors (Lipinski definition) is 2. The number of benzene rings is 1. The summed E-state index contributed by atoms with van der Waals surface area (Å²) in [5, 5.41) is 13.0. The predicted molar refractivity (Wildman–Crippen MR) is 82.1 cm³/mol. The van der Waals surface area contributed by atoms with Gasteiger partial charge in [0.15, 0.2) is 0 Å². The Morgan fingerprint density at radius 1 is 1.30 bits per heavy atom. The molecular weight excluding hydrogens is 250 g/mol. The standard InChI is InChI=1S/C17H27NO2/c1-13(6-7-14-8-10-16(19)11-9-14)18-15-4-3-5-17(12-15)20-2/h8-11,13,15,17-19H,3-7,12H2,1-2H3. The highest BCUT2D eigenvalue weighted by molar-refractivity contribution is 5.25. The van der Waals surface area contributed by atoms with Crippen LogP contribution in [0, 0.1) is 0 Å². The fraction of sp³-hybridized carbons (Fsp3) is 0.647. The number of ether oxygens (including phenoxy) is 1. The highest BCUT2D eigenvalue weighted by Crippen LogP contribution is 2.21. The van der Waals surface area contributed by atoms with E-state index in [4.69, 9.17) is 4.74 Å². The van der Waals surface area contributed by atoms with Crippen molar-refractivity contribution in [3.63, 3.8) is 0 Å². The van der Waals surface area contributed by atoms with Crippen molar-refractivity contribution in [2.45, 2.75) is 63.6 Å². The first-order valence-electron chi connectivity index (χ1n) is 7.74. The number of hydrogen-bond acceptors (Lipinski definition) is 3. The molecule has 1 aromatic carbocycles. The van der Waals surface area contributed by atoms with E-state index in [1.165, 1.54) is 24.8 Å². The third-order valence-electron chi connectivity index (χ3n) is 4.28. The molecule has 3 nitrogen and oxygen atoms in total. The second-order valence-corrected chi connectivity index (χ2v) is 5.99. The molecule has 0 spiro atoms. The molecule has 3 atom stereocenters. The van der Waals surface area contributed by atoms with E-state index in [9.17, 15) is 5.11 Å². The molecule has 0 aromatic heterocycles. The van der Waals surface area contributed by atoms with Gasteiger partial charge in [0.1, 0.15) is 5.75 Å². The highest BCUT2D eigenvalue weighted by atomic mass is 16.5. The van der Waals surface area contributed by atoms with Crippen LogP contribution in [0.3, 0.4) is 0 Å². The molecule has 3 heteroatoms. The summed E-state index contributed by atoms with van der Waals surface area (Å²) in [5.41, 5.74) is 1.29. The van der Waals surface area contributed by atoms with Gasteiger partial charge < -0.3 is 15.2 Å². The molecule has 0 amide bonds. The smallest absolute Gasteiger partial charge is 0.115 e. The van der Waals surface area contributed by atoms with Crippen LogP contribution in [-0.2, 0) is 11.2 Å². The second kappa shape index (κ2) is 7.65. The molecule has 2 N–H and O–H groups in total. The monoisotopic (exact) mass is 277 g/mol. The molecule has 112 valence electrons. The normalized spacial score (nSPS) is 24.5. The fourth-order valence-corrected chi connectivity index (χ4v) is 3.04. The van der Waals surface area contributed by atoms with Crippen molar-refractivity contribution in [2.75, 3.05) is 7.11 Å². The maximum Gasteiger partial charge on any atom is 0.115 e. The third kappa shape index (κ3) is 4.80. The lowest BCUT2D eigenvalue weighted by atomic mass is 9.92. The number of phenolic OH excluding ortho intramolecular Hbond substituents is 1. The van der Waals surface area contributed by atoms with E-state index < -0.39 is 0 Å². The fourth-order valence-electron chi connectivity index (χ4n) is 3.04. The zero-order valence-corrected chi connectivity index (χ0v) is 12.6. The summed E-state index contributed by atoms with van der Waals surface area (Å²) in [6.07, 6.45) is 7.49. The molecule has 3 unspecified atom stereocenters. The molecule has 1 aromatic rings. The van der Waals surface area contributed by atoms with E-state index in [-0.39, 0.29) is 0 Å². The lowest BCUT2D eigenvalue weighted by Gasteiger charge is -2.31. The summed E-state index contributed by atoms with van der Waals surface area (Å²) in [6.45, 7) is 2.26. The minimum atomic E-state index is 0.340. The highest BCUT2D eigenvalue weighted by Gasteiger charge is 2.22. The molecule has 20 heavy (non-hydrogen) atoms. The quantitative estimate of drug-likeness (QED) is 0.838. The number of methoxy groups -OCH3 is 1. The molecule has 2 rings (SSSR count). The van der Waals surface area contributed by atoms with Crippen LogP contribution < -0.4 is 5.32 Å². The van der Waals surface area contributed by atoms with Crippen molar-refractivity contribution in [1.82, 2.24) is 5.32 Å². The van der Waals surface area contributed by atoms with E-state index in [2.05, 4.69) is 12.2 Å². The Bertz CT molecular complexity index is 390. The van der Waals surface area contributed by atoms with Crippen molar-refractivity contribution >= 4 is 0 Å². The minimum Gasteiger partial charge on any atom is -0.508 e. The molecule has 0 heterocycles. The van der Waals surface area contributed by atoms with Crippen LogP contribution in [-0.4, -0.2) is 30.4 Å². The van der Waals surface area contributed by atoms with Gasteiger partial charge >= 0.3 is 0 Å². The summed E-state index contributed by atoms with van der Waals surface area (Å²) in [4.78, 5) is 0. The van der Waals surface area contributed by atoms with Gasteiger partial charge in [0.25, 0.3) is 0 Å². The molecule has 0 saturated heterocycles. The van der Waals surface area contributed by atoms with Crippen LogP contribution in [0.4, 0.5) is 0 Å². The third-order valence-corrected chi connectivity index (χ3v) is 4.28. The van der Waals surface area contributed by atoms with E-state index in [1.54, 1.807) is 12.1 Å². The number of aryl methyl sites for hydroxylation is 1. The van der Waals surface area contributed by atoms with Gasteiger partial charge in [-0.1, -0.05) is 12.1 Å². The largest absolute Gasteiger partial charge is 0.508 e.